The van der Waals surface area contributed by atoms with E-state index in [2.05, 4.69) is 43.3 Å². The Morgan fingerprint density at radius 1 is 0.958 bits per heavy atom. The van der Waals surface area contributed by atoms with Gasteiger partial charge in [0.05, 0.1) is 0 Å². The van der Waals surface area contributed by atoms with Crippen LogP contribution >= 0.6 is 0 Å². The predicted molar refractivity (Wildman–Crippen MR) is 101 cm³/mol. The molecule has 0 nitrogen and oxygen atoms in total. The maximum Gasteiger partial charge on any atom is 0.130 e. The molecule has 1 heteroatoms. The minimum absolute atomic E-state index is 0.0107. The van der Waals surface area contributed by atoms with E-state index in [1.807, 2.05) is 13.0 Å². The lowest BCUT2D eigenvalue weighted by molar-refractivity contribution is 0.596. The van der Waals surface area contributed by atoms with Crippen LogP contribution in [0.4, 0.5) is 4.39 Å². The van der Waals surface area contributed by atoms with Crippen molar-refractivity contribution in [2.45, 2.75) is 58.8 Å². The van der Waals surface area contributed by atoms with Gasteiger partial charge >= 0.3 is 0 Å². The van der Waals surface area contributed by atoms with Crippen LogP contribution in [0.3, 0.4) is 0 Å². The summed E-state index contributed by atoms with van der Waals surface area (Å²) in [5, 5.41) is 0. The lowest BCUT2D eigenvalue weighted by Crippen LogP contribution is -2.07. The van der Waals surface area contributed by atoms with Crippen molar-refractivity contribution in [3.05, 3.63) is 76.1 Å². The zero-order valence-electron chi connectivity index (χ0n) is 14.9. The number of halogens is 1. The highest BCUT2D eigenvalue weighted by Crippen LogP contribution is 2.30. The van der Waals surface area contributed by atoms with Crippen molar-refractivity contribution in [3.63, 3.8) is 0 Å². The average Bonchev–Trinajstić information content (AvgIpc) is 2.63. The number of aryl methyl sites for hydroxylation is 2. The Bertz CT molecular complexity index is 722. The van der Waals surface area contributed by atoms with Gasteiger partial charge in [0.1, 0.15) is 5.82 Å². The molecule has 0 fully saturated rings. The van der Waals surface area contributed by atoms with Gasteiger partial charge in [0.15, 0.2) is 0 Å². The molecule has 1 aliphatic carbocycles. The van der Waals surface area contributed by atoms with Crippen LogP contribution in [-0.2, 0) is 25.7 Å². The van der Waals surface area contributed by atoms with E-state index in [9.17, 15) is 4.39 Å². The molecule has 2 aromatic rings. The lowest BCUT2D eigenvalue weighted by Gasteiger charge is -2.19. The molecular formula is C23H27F. The maximum absolute atomic E-state index is 14.5. The SMILES string of the molecule is CCCCCc1ccc(C2=CCc3c(ccc(CC)c3F)C2)cc1. The second-order valence-electron chi connectivity index (χ2n) is 6.79. The molecule has 0 bridgehead atoms. The minimum Gasteiger partial charge on any atom is -0.206 e. The smallest absolute Gasteiger partial charge is 0.130 e. The minimum atomic E-state index is 0.0107. The fourth-order valence-corrected chi connectivity index (χ4v) is 3.56. The molecule has 24 heavy (non-hydrogen) atoms. The molecule has 126 valence electrons. The average molecular weight is 322 g/mol. The number of hydrogen-bond donors (Lipinski definition) is 0. The Balaban J connectivity index is 1.74. The van der Waals surface area contributed by atoms with E-state index in [4.69, 9.17) is 0 Å². The molecule has 0 amide bonds. The van der Waals surface area contributed by atoms with Crippen molar-refractivity contribution >= 4 is 5.57 Å². The highest BCUT2D eigenvalue weighted by Gasteiger charge is 2.17. The van der Waals surface area contributed by atoms with Crippen molar-refractivity contribution in [1.82, 2.24) is 0 Å². The van der Waals surface area contributed by atoms with Crippen LogP contribution in [0.1, 0.15) is 60.9 Å². The van der Waals surface area contributed by atoms with E-state index in [-0.39, 0.29) is 5.82 Å². The Labute approximate surface area is 145 Å². The van der Waals surface area contributed by atoms with E-state index < -0.39 is 0 Å². The zero-order valence-corrected chi connectivity index (χ0v) is 14.9. The monoisotopic (exact) mass is 322 g/mol. The normalized spacial score (nSPS) is 13.5. The highest BCUT2D eigenvalue weighted by atomic mass is 19.1. The van der Waals surface area contributed by atoms with Gasteiger partial charge in [-0.3, -0.25) is 0 Å². The molecule has 3 rings (SSSR count). The Morgan fingerprint density at radius 2 is 1.75 bits per heavy atom. The number of unbranched alkanes of at least 4 members (excludes halogenated alkanes) is 2. The third-order valence-corrected chi connectivity index (χ3v) is 5.13. The molecule has 0 saturated carbocycles. The first-order valence-electron chi connectivity index (χ1n) is 9.30. The van der Waals surface area contributed by atoms with E-state index in [1.165, 1.54) is 42.4 Å². The maximum atomic E-state index is 14.5. The molecule has 0 aromatic heterocycles. The van der Waals surface area contributed by atoms with Crippen LogP contribution in [0.2, 0.25) is 0 Å². The van der Waals surface area contributed by atoms with Gasteiger partial charge in [0, 0.05) is 0 Å². The van der Waals surface area contributed by atoms with Crippen LogP contribution < -0.4 is 0 Å². The van der Waals surface area contributed by atoms with Crippen molar-refractivity contribution in [3.8, 4) is 0 Å². The zero-order chi connectivity index (χ0) is 16.9. The van der Waals surface area contributed by atoms with Gasteiger partial charge in [-0.2, -0.15) is 0 Å². The summed E-state index contributed by atoms with van der Waals surface area (Å²) >= 11 is 0. The Morgan fingerprint density at radius 3 is 2.46 bits per heavy atom. The van der Waals surface area contributed by atoms with Crippen LogP contribution in [-0.4, -0.2) is 0 Å². The van der Waals surface area contributed by atoms with E-state index in [0.29, 0.717) is 6.42 Å². The summed E-state index contributed by atoms with van der Waals surface area (Å²) in [5.41, 5.74) is 6.90. The molecular weight excluding hydrogens is 295 g/mol. The van der Waals surface area contributed by atoms with Crippen LogP contribution in [0.25, 0.3) is 5.57 Å². The van der Waals surface area contributed by atoms with Gasteiger partial charge < -0.3 is 0 Å². The molecule has 0 unspecified atom stereocenters. The largest absolute Gasteiger partial charge is 0.206 e. The Kier molecular flexibility index (Phi) is 5.50. The summed E-state index contributed by atoms with van der Waals surface area (Å²) in [5.74, 6) is 0.0107. The second-order valence-corrected chi connectivity index (χ2v) is 6.79. The van der Waals surface area contributed by atoms with Crippen molar-refractivity contribution < 1.29 is 4.39 Å². The molecule has 0 radical (unpaired) electrons. The fraction of sp³-hybridized carbons (Fsp3) is 0.391. The third kappa shape index (κ3) is 3.61. The van der Waals surface area contributed by atoms with Gasteiger partial charge in [0.2, 0.25) is 0 Å². The molecule has 0 atom stereocenters. The third-order valence-electron chi connectivity index (χ3n) is 5.13. The molecule has 1 aliphatic rings. The number of benzene rings is 2. The number of allylic oxidation sites excluding steroid dienone is 2. The lowest BCUT2D eigenvalue weighted by atomic mass is 9.86. The summed E-state index contributed by atoms with van der Waals surface area (Å²) < 4.78 is 14.5. The number of hydrogen-bond acceptors (Lipinski definition) is 0. The summed E-state index contributed by atoms with van der Waals surface area (Å²) in [6.07, 6.45) is 9.52. The molecule has 0 N–H and O–H groups in total. The van der Waals surface area contributed by atoms with Gasteiger partial charge in [-0.1, -0.05) is 69.2 Å². The molecule has 2 aromatic carbocycles. The van der Waals surface area contributed by atoms with Crippen LogP contribution in [0, 0.1) is 5.82 Å². The Hall–Kier alpha value is -1.89. The molecule has 0 aliphatic heterocycles. The topological polar surface area (TPSA) is 0 Å². The molecule has 0 saturated heterocycles. The van der Waals surface area contributed by atoms with E-state index in [0.717, 1.165) is 29.5 Å². The first-order valence-corrected chi connectivity index (χ1v) is 9.30. The van der Waals surface area contributed by atoms with Gasteiger partial charge in [-0.25, -0.2) is 4.39 Å². The summed E-state index contributed by atoms with van der Waals surface area (Å²) in [6.45, 7) is 4.25. The standard InChI is InChI=1S/C23H27F/c1-3-5-6-7-17-8-10-19(11-9-17)20-14-15-22-21(16-20)13-12-18(4-2)23(22)24/h8-14H,3-7,15-16H2,1-2H3. The van der Waals surface area contributed by atoms with Gasteiger partial charge in [-0.15, -0.1) is 0 Å². The summed E-state index contributed by atoms with van der Waals surface area (Å²) in [7, 11) is 0. The van der Waals surface area contributed by atoms with E-state index in [1.54, 1.807) is 0 Å². The predicted octanol–water partition coefficient (Wildman–Crippen LogP) is 6.30. The van der Waals surface area contributed by atoms with Crippen LogP contribution in [0.5, 0.6) is 0 Å². The fourth-order valence-electron chi connectivity index (χ4n) is 3.56. The highest BCUT2D eigenvalue weighted by molar-refractivity contribution is 5.70. The first kappa shape index (κ1) is 17.0. The number of rotatable bonds is 6. The molecule has 0 spiro atoms. The van der Waals surface area contributed by atoms with Crippen molar-refractivity contribution in [2.24, 2.45) is 0 Å². The van der Waals surface area contributed by atoms with Gasteiger partial charge in [0.25, 0.3) is 0 Å². The quantitative estimate of drug-likeness (QED) is 0.547. The van der Waals surface area contributed by atoms with Crippen molar-refractivity contribution in [1.29, 1.82) is 0 Å². The first-order chi connectivity index (χ1) is 11.7. The summed E-state index contributed by atoms with van der Waals surface area (Å²) in [4.78, 5) is 0. The molecule has 0 heterocycles. The van der Waals surface area contributed by atoms with Crippen LogP contribution in [0.15, 0.2) is 42.5 Å². The number of fused-ring (bicyclic) bond motifs is 1. The summed E-state index contributed by atoms with van der Waals surface area (Å²) in [6, 6.07) is 13.0. The van der Waals surface area contributed by atoms with E-state index >= 15 is 0 Å². The van der Waals surface area contributed by atoms with Crippen molar-refractivity contribution in [2.75, 3.05) is 0 Å². The second kappa shape index (κ2) is 7.79. The van der Waals surface area contributed by atoms with Gasteiger partial charge in [-0.05, 0) is 65.5 Å².